The van der Waals surface area contributed by atoms with Gasteiger partial charge in [-0.1, -0.05) is 28.2 Å². The van der Waals surface area contributed by atoms with Crippen molar-refractivity contribution in [2.75, 3.05) is 0 Å². The van der Waals surface area contributed by atoms with Crippen molar-refractivity contribution in [3.05, 3.63) is 45.4 Å². The molecule has 0 saturated carbocycles. The Hall–Kier alpha value is -1.48. The average Bonchev–Trinajstić information content (AvgIpc) is 2.84. The van der Waals surface area contributed by atoms with Crippen LogP contribution >= 0.6 is 23.1 Å². The summed E-state index contributed by atoms with van der Waals surface area (Å²) >= 11 is 7.27. The summed E-state index contributed by atoms with van der Waals surface area (Å²) in [5.74, 6) is 0. The maximum Gasteiger partial charge on any atom is 0.138 e. The smallest absolute Gasteiger partial charge is 0.138 e. The lowest BCUT2D eigenvalue weighted by atomic mass is 10.1. The second-order valence-corrected chi connectivity index (χ2v) is 6.16. The Balaban J connectivity index is 2.09. The number of aromatic nitrogens is 2. The Labute approximate surface area is 127 Å². The molecule has 0 aliphatic heterocycles. The number of rotatable bonds is 5. The van der Waals surface area contributed by atoms with Gasteiger partial charge in [0.25, 0.3) is 0 Å². The summed E-state index contributed by atoms with van der Waals surface area (Å²) in [4.78, 5) is 2.27. The molecular formula is C14H15ClN4S. The van der Waals surface area contributed by atoms with Crippen LogP contribution in [-0.4, -0.2) is 20.5 Å². The number of nitrogens with zero attached hydrogens (tertiary/aromatic N) is 4. The molecule has 1 heterocycles. The molecule has 2 aromatic rings. The van der Waals surface area contributed by atoms with Gasteiger partial charge in [-0.2, -0.15) is 5.26 Å². The molecule has 0 unspecified atom stereocenters. The molecule has 1 aromatic heterocycles. The first kappa shape index (κ1) is 14.9. The van der Waals surface area contributed by atoms with Gasteiger partial charge in [-0.15, -0.1) is 5.10 Å². The molecule has 0 radical (unpaired) electrons. The first-order chi connectivity index (χ1) is 9.60. The third-order valence-electron chi connectivity index (χ3n) is 3.06. The fraction of sp³-hybridized carbons (Fsp3) is 0.357. The molecule has 0 fully saturated rings. The van der Waals surface area contributed by atoms with E-state index >= 15 is 0 Å². The number of hydrogen-bond acceptors (Lipinski definition) is 5. The third kappa shape index (κ3) is 3.76. The minimum Gasteiger partial charge on any atom is -0.291 e. The molecule has 6 heteroatoms. The average molecular weight is 307 g/mol. The van der Waals surface area contributed by atoms with Gasteiger partial charge < -0.3 is 0 Å². The zero-order valence-electron chi connectivity index (χ0n) is 11.4. The van der Waals surface area contributed by atoms with E-state index in [0.717, 1.165) is 17.8 Å². The highest BCUT2D eigenvalue weighted by Gasteiger charge is 2.15. The van der Waals surface area contributed by atoms with E-state index in [2.05, 4.69) is 34.4 Å². The van der Waals surface area contributed by atoms with E-state index in [1.54, 1.807) is 0 Å². The second kappa shape index (κ2) is 6.80. The third-order valence-corrected chi connectivity index (χ3v) is 4.05. The summed E-state index contributed by atoms with van der Waals surface area (Å²) in [7, 11) is 0. The molecular weight excluding hydrogens is 292 g/mol. The zero-order valence-corrected chi connectivity index (χ0v) is 12.9. The van der Waals surface area contributed by atoms with Crippen LogP contribution in [0.3, 0.4) is 0 Å². The molecule has 4 nitrogen and oxygen atoms in total. The summed E-state index contributed by atoms with van der Waals surface area (Å²) in [5, 5.41) is 12.9. The van der Waals surface area contributed by atoms with E-state index < -0.39 is 0 Å². The van der Waals surface area contributed by atoms with Gasteiger partial charge in [-0.05, 0) is 31.5 Å². The van der Waals surface area contributed by atoms with Gasteiger partial charge in [-0.25, -0.2) is 0 Å². The minimum atomic E-state index is 0.364. The van der Waals surface area contributed by atoms with Crippen LogP contribution in [0.1, 0.15) is 30.7 Å². The minimum absolute atomic E-state index is 0.364. The Morgan fingerprint density at radius 3 is 2.50 bits per heavy atom. The topological polar surface area (TPSA) is 52.8 Å². The highest BCUT2D eigenvalue weighted by molar-refractivity contribution is 7.10. The number of hydrogen-bond donors (Lipinski definition) is 0. The quantitative estimate of drug-likeness (QED) is 0.848. The van der Waals surface area contributed by atoms with Crippen LogP contribution in [0.15, 0.2) is 24.3 Å². The monoisotopic (exact) mass is 306 g/mol. The summed E-state index contributed by atoms with van der Waals surface area (Å²) < 4.78 is 4.51. The lowest BCUT2D eigenvalue weighted by Crippen LogP contribution is -2.30. The molecule has 0 atom stereocenters. The van der Waals surface area contributed by atoms with E-state index in [-0.39, 0.29) is 0 Å². The summed E-state index contributed by atoms with van der Waals surface area (Å²) in [6.45, 7) is 5.74. The van der Waals surface area contributed by atoms with Crippen LogP contribution in [0.4, 0.5) is 0 Å². The largest absolute Gasteiger partial charge is 0.291 e. The summed E-state index contributed by atoms with van der Waals surface area (Å²) in [6, 6.07) is 10.1. The van der Waals surface area contributed by atoms with Gasteiger partial charge in [0.2, 0.25) is 0 Å². The summed E-state index contributed by atoms with van der Waals surface area (Å²) in [6.07, 6.45) is 0. The van der Waals surface area contributed by atoms with Crippen LogP contribution in [0.25, 0.3) is 0 Å². The van der Waals surface area contributed by atoms with E-state index in [0.29, 0.717) is 22.5 Å². The number of halogens is 1. The van der Waals surface area contributed by atoms with Gasteiger partial charge >= 0.3 is 0 Å². The molecule has 20 heavy (non-hydrogen) atoms. The molecule has 104 valence electrons. The van der Waals surface area contributed by atoms with Crippen molar-refractivity contribution in [3.8, 4) is 6.07 Å². The number of nitriles is 1. The fourth-order valence-corrected chi connectivity index (χ4v) is 2.44. The van der Waals surface area contributed by atoms with Crippen molar-refractivity contribution in [2.45, 2.75) is 33.0 Å². The SMILES string of the molecule is CC(C)N(Cc1ccc(C#N)cc1)Cc1nnsc1Cl. The fourth-order valence-electron chi connectivity index (χ4n) is 1.82. The van der Waals surface area contributed by atoms with Crippen LogP contribution in [0.2, 0.25) is 4.34 Å². The molecule has 1 aromatic carbocycles. The second-order valence-electron chi connectivity index (χ2n) is 4.80. The van der Waals surface area contributed by atoms with Crippen molar-refractivity contribution in [1.29, 1.82) is 5.26 Å². The molecule has 0 aliphatic rings. The van der Waals surface area contributed by atoms with Crippen molar-refractivity contribution in [1.82, 2.24) is 14.5 Å². The molecule has 0 bridgehead atoms. The zero-order chi connectivity index (χ0) is 14.5. The lowest BCUT2D eigenvalue weighted by molar-refractivity contribution is 0.201. The van der Waals surface area contributed by atoms with Gasteiger partial charge in [0, 0.05) is 30.7 Å². The van der Waals surface area contributed by atoms with Gasteiger partial charge in [-0.3, -0.25) is 4.90 Å². The summed E-state index contributed by atoms with van der Waals surface area (Å²) in [5.41, 5.74) is 2.66. The molecule has 2 rings (SSSR count). The van der Waals surface area contributed by atoms with Crippen molar-refractivity contribution in [3.63, 3.8) is 0 Å². The lowest BCUT2D eigenvalue weighted by Gasteiger charge is -2.25. The van der Waals surface area contributed by atoms with Crippen molar-refractivity contribution in [2.24, 2.45) is 0 Å². The van der Waals surface area contributed by atoms with Gasteiger partial charge in [0.05, 0.1) is 11.6 Å². The van der Waals surface area contributed by atoms with E-state index in [4.69, 9.17) is 16.9 Å². The Kier molecular flexibility index (Phi) is 5.07. The maximum atomic E-state index is 8.81. The van der Waals surface area contributed by atoms with Crippen molar-refractivity contribution >= 4 is 23.1 Å². The van der Waals surface area contributed by atoms with E-state index in [1.807, 2.05) is 24.3 Å². The molecule has 0 amide bonds. The molecule has 0 spiro atoms. The standard InChI is InChI=1S/C14H15ClN4S/c1-10(2)19(9-13-14(15)20-18-17-13)8-12-5-3-11(7-16)4-6-12/h3-6,10H,8-9H2,1-2H3. The predicted molar refractivity (Wildman–Crippen MR) is 80.5 cm³/mol. The Bertz CT molecular complexity index is 600. The highest BCUT2D eigenvalue weighted by atomic mass is 35.5. The van der Waals surface area contributed by atoms with Crippen molar-refractivity contribution < 1.29 is 0 Å². The van der Waals surface area contributed by atoms with Gasteiger partial charge in [0.1, 0.15) is 10.0 Å². The molecule has 0 saturated heterocycles. The van der Waals surface area contributed by atoms with Crippen LogP contribution in [0.5, 0.6) is 0 Å². The normalized spacial score (nSPS) is 11.0. The van der Waals surface area contributed by atoms with Crippen LogP contribution in [0, 0.1) is 11.3 Å². The Morgan fingerprint density at radius 2 is 2.00 bits per heavy atom. The van der Waals surface area contributed by atoms with Crippen LogP contribution in [-0.2, 0) is 13.1 Å². The van der Waals surface area contributed by atoms with E-state index in [9.17, 15) is 0 Å². The van der Waals surface area contributed by atoms with E-state index in [1.165, 1.54) is 11.5 Å². The molecule has 0 aliphatic carbocycles. The first-order valence-electron chi connectivity index (χ1n) is 6.30. The van der Waals surface area contributed by atoms with Crippen LogP contribution < -0.4 is 0 Å². The Morgan fingerprint density at radius 1 is 1.30 bits per heavy atom. The predicted octanol–water partition coefficient (Wildman–Crippen LogP) is 3.47. The molecule has 0 N–H and O–H groups in total. The maximum absolute atomic E-state index is 8.81. The highest BCUT2D eigenvalue weighted by Crippen LogP contribution is 2.21. The number of benzene rings is 1. The first-order valence-corrected chi connectivity index (χ1v) is 7.45. The van der Waals surface area contributed by atoms with Gasteiger partial charge in [0.15, 0.2) is 0 Å².